The lowest BCUT2D eigenvalue weighted by Crippen LogP contribution is -2.54. The van der Waals surface area contributed by atoms with E-state index in [-0.39, 0.29) is 6.04 Å². The highest BCUT2D eigenvalue weighted by Crippen LogP contribution is 2.19. The molecule has 126 valence electrons. The third-order valence-electron chi connectivity index (χ3n) is 5.09. The summed E-state index contributed by atoms with van der Waals surface area (Å²) in [6, 6.07) is 6.21. The molecule has 2 saturated heterocycles. The van der Waals surface area contributed by atoms with Crippen molar-refractivity contribution in [2.24, 2.45) is 0 Å². The summed E-state index contributed by atoms with van der Waals surface area (Å²) in [4.78, 5) is 24.1. The third kappa shape index (κ3) is 3.83. The van der Waals surface area contributed by atoms with Gasteiger partial charge in [-0.05, 0) is 45.5 Å². The Morgan fingerprint density at radius 1 is 1.09 bits per heavy atom. The molecular formula is C18H28N4O. The van der Waals surface area contributed by atoms with E-state index < -0.39 is 0 Å². The van der Waals surface area contributed by atoms with Crippen LogP contribution in [0.2, 0.25) is 0 Å². The maximum atomic E-state index is 12.9. The van der Waals surface area contributed by atoms with E-state index in [0.717, 1.165) is 50.7 Å². The highest BCUT2D eigenvalue weighted by Gasteiger charge is 2.30. The number of carbonyl (C=O) groups is 1. The van der Waals surface area contributed by atoms with Gasteiger partial charge in [0, 0.05) is 31.9 Å². The standard InChI is InChI=1S/C18H28N4O/c1-15-7-6-9-17(19-15)21-11-13-22(14-12-21)18(23)16-8-4-3-5-10-20(16)2/h6-7,9,16H,3-5,8,10-14H2,1-2H3. The molecule has 0 saturated carbocycles. The van der Waals surface area contributed by atoms with Crippen LogP contribution in [0.3, 0.4) is 0 Å². The maximum Gasteiger partial charge on any atom is 0.240 e. The van der Waals surface area contributed by atoms with Crippen molar-refractivity contribution in [3.63, 3.8) is 0 Å². The lowest BCUT2D eigenvalue weighted by atomic mass is 10.1. The first kappa shape index (κ1) is 16.2. The number of pyridine rings is 1. The number of likely N-dealkylation sites (N-methyl/N-ethyl adjacent to an activating group) is 1. The first-order valence-corrected chi connectivity index (χ1v) is 8.83. The molecule has 2 fully saturated rings. The van der Waals surface area contributed by atoms with E-state index in [0.29, 0.717) is 5.91 Å². The van der Waals surface area contributed by atoms with Crippen molar-refractivity contribution in [3.8, 4) is 0 Å². The third-order valence-corrected chi connectivity index (χ3v) is 5.09. The molecule has 0 N–H and O–H groups in total. The van der Waals surface area contributed by atoms with E-state index in [1.165, 1.54) is 19.3 Å². The van der Waals surface area contributed by atoms with Crippen LogP contribution in [0.4, 0.5) is 5.82 Å². The Hall–Kier alpha value is -1.62. The second-order valence-electron chi connectivity index (χ2n) is 6.80. The Kier molecular flexibility index (Phi) is 5.16. The Morgan fingerprint density at radius 2 is 1.87 bits per heavy atom. The van der Waals surface area contributed by atoms with Gasteiger partial charge in [-0.15, -0.1) is 0 Å². The normalized spacial score (nSPS) is 23.7. The van der Waals surface area contributed by atoms with E-state index in [9.17, 15) is 4.79 Å². The number of carbonyl (C=O) groups excluding carboxylic acids is 1. The summed E-state index contributed by atoms with van der Waals surface area (Å²) in [7, 11) is 2.10. The quantitative estimate of drug-likeness (QED) is 0.836. The topological polar surface area (TPSA) is 39.7 Å². The average molecular weight is 316 g/mol. The Bertz CT molecular complexity index is 540. The number of amides is 1. The number of likely N-dealkylation sites (tertiary alicyclic amines) is 1. The van der Waals surface area contributed by atoms with Crippen molar-refractivity contribution >= 4 is 11.7 Å². The molecule has 0 aromatic carbocycles. The fraction of sp³-hybridized carbons (Fsp3) is 0.667. The average Bonchev–Trinajstić information content (AvgIpc) is 2.79. The van der Waals surface area contributed by atoms with Crippen molar-refractivity contribution in [3.05, 3.63) is 23.9 Å². The van der Waals surface area contributed by atoms with Gasteiger partial charge in [-0.25, -0.2) is 4.98 Å². The molecule has 1 aromatic heterocycles. The molecule has 2 aliphatic heterocycles. The Labute approximate surface area is 139 Å². The summed E-state index contributed by atoms with van der Waals surface area (Å²) in [6.07, 6.45) is 4.65. The summed E-state index contributed by atoms with van der Waals surface area (Å²) in [5.74, 6) is 1.36. The zero-order valence-electron chi connectivity index (χ0n) is 14.4. The van der Waals surface area contributed by atoms with Crippen LogP contribution in [0, 0.1) is 6.92 Å². The number of anilines is 1. The van der Waals surface area contributed by atoms with Crippen molar-refractivity contribution in [2.75, 3.05) is 44.7 Å². The molecule has 2 aliphatic rings. The molecule has 3 rings (SSSR count). The highest BCUT2D eigenvalue weighted by atomic mass is 16.2. The molecule has 3 heterocycles. The van der Waals surface area contributed by atoms with E-state index in [2.05, 4.69) is 38.9 Å². The van der Waals surface area contributed by atoms with Gasteiger partial charge in [0.1, 0.15) is 5.82 Å². The second-order valence-corrected chi connectivity index (χ2v) is 6.80. The van der Waals surface area contributed by atoms with Gasteiger partial charge in [0.05, 0.1) is 6.04 Å². The van der Waals surface area contributed by atoms with E-state index >= 15 is 0 Å². The molecule has 0 bridgehead atoms. The molecule has 1 amide bonds. The van der Waals surface area contributed by atoms with Crippen LogP contribution in [-0.2, 0) is 4.79 Å². The summed E-state index contributed by atoms with van der Waals surface area (Å²) in [5, 5.41) is 0. The number of aromatic nitrogens is 1. The molecule has 0 radical (unpaired) electrons. The van der Waals surface area contributed by atoms with Crippen molar-refractivity contribution < 1.29 is 4.79 Å². The number of nitrogens with zero attached hydrogens (tertiary/aromatic N) is 4. The number of aryl methyl sites for hydroxylation is 1. The molecule has 1 atom stereocenters. The second kappa shape index (κ2) is 7.30. The predicted octanol–water partition coefficient (Wildman–Crippen LogP) is 1.91. The Balaban J connectivity index is 1.58. The first-order valence-electron chi connectivity index (χ1n) is 8.83. The van der Waals surface area contributed by atoms with Crippen LogP contribution in [0.15, 0.2) is 18.2 Å². The molecule has 5 nitrogen and oxygen atoms in total. The van der Waals surface area contributed by atoms with Gasteiger partial charge in [0.2, 0.25) is 5.91 Å². The van der Waals surface area contributed by atoms with E-state index in [1.807, 2.05) is 13.0 Å². The van der Waals surface area contributed by atoms with E-state index in [1.54, 1.807) is 0 Å². The van der Waals surface area contributed by atoms with Crippen LogP contribution < -0.4 is 4.90 Å². The van der Waals surface area contributed by atoms with Crippen LogP contribution in [-0.4, -0.2) is 66.5 Å². The molecule has 0 spiro atoms. The van der Waals surface area contributed by atoms with Crippen molar-refractivity contribution in [1.29, 1.82) is 0 Å². The lowest BCUT2D eigenvalue weighted by molar-refractivity contribution is -0.136. The molecule has 23 heavy (non-hydrogen) atoms. The molecule has 0 aliphatic carbocycles. The minimum Gasteiger partial charge on any atom is -0.353 e. The summed E-state index contributed by atoms with van der Waals surface area (Å²) in [6.45, 7) is 6.42. The molecule has 5 heteroatoms. The monoisotopic (exact) mass is 316 g/mol. The van der Waals surface area contributed by atoms with Gasteiger partial charge in [0.25, 0.3) is 0 Å². The summed E-state index contributed by atoms with van der Waals surface area (Å²) < 4.78 is 0. The largest absolute Gasteiger partial charge is 0.353 e. The SMILES string of the molecule is Cc1cccc(N2CCN(C(=O)C3CCCCCN3C)CC2)n1. The van der Waals surface area contributed by atoms with Gasteiger partial charge in [-0.1, -0.05) is 18.9 Å². The van der Waals surface area contributed by atoms with E-state index in [4.69, 9.17) is 0 Å². The zero-order valence-corrected chi connectivity index (χ0v) is 14.4. The summed E-state index contributed by atoms with van der Waals surface area (Å²) in [5.41, 5.74) is 1.04. The van der Waals surface area contributed by atoms with Crippen LogP contribution in [0.5, 0.6) is 0 Å². The number of hydrogen-bond acceptors (Lipinski definition) is 4. The van der Waals surface area contributed by atoms with Crippen LogP contribution in [0.1, 0.15) is 31.4 Å². The van der Waals surface area contributed by atoms with Gasteiger partial charge in [-0.3, -0.25) is 9.69 Å². The predicted molar refractivity (Wildman–Crippen MR) is 92.7 cm³/mol. The number of piperazine rings is 1. The lowest BCUT2D eigenvalue weighted by Gasteiger charge is -2.38. The van der Waals surface area contributed by atoms with Gasteiger partial charge >= 0.3 is 0 Å². The van der Waals surface area contributed by atoms with Gasteiger partial charge in [-0.2, -0.15) is 0 Å². The first-order chi connectivity index (χ1) is 11.1. The Morgan fingerprint density at radius 3 is 2.61 bits per heavy atom. The van der Waals surface area contributed by atoms with Crippen LogP contribution >= 0.6 is 0 Å². The fourth-order valence-corrected chi connectivity index (χ4v) is 3.64. The fourth-order valence-electron chi connectivity index (χ4n) is 3.64. The molecular weight excluding hydrogens is 288 g/mol. The molecule has 1 unspecified atom stereocenters. The molecule has 1 aromatic rings. The zero-order chi connectivity index (χ0) is 16.2. The highest BCUT2D eigenvalue weighted by molar-refractivity contribution is 5.82. The van der Waals surface area contributed by atoms with Gasteiger partial charge < -0.3 is 9.80 Å². The minimum atomic E-state index is 0.0844. The maximum absolute atomic E-state index is 12.9. The summed E-state index contributed by atoms with van der Waals surface area (Å²) >= 11 is 0. The number of hydrogen-bond donors (Lipinski definition) is 0. The van der Waals surface area contributed by atoms with Gasteiger partial charge in [0.15, 0.2) is 0 Å². The number of rotatable bonds is 2. The van der Waals surface area contributed by atoms with Crippen LogP contribution in [0.25, 0.3) is 0 Å². The van der Waals surface area contributed by atoms with Crippen molar-refractivity contribution in [2.45, 2.75) is 38.6 Å². The van der Waals surface area contributed by atoms with Crippen molar-refractivity contribution in [1.82, 2.24) is 14.8 Å². The smallest absolute Gasteiger partial charge is 0.240 e. The minimum absolute atomic E-state index is 0.0844.